The molecule has 0 N–H and O–H groups in total. The lowest BCUT2D eigenvalue weighted by molar-refractivity contribution is 0.0920. The van der Waals surface area contributed by atoms with E-state index in [0.29, 0.717) is 5.92 Å². The van der Waals surface area contributed by atoms with E-state index in [4.69, 9.17) is 4.74 Å². The lowest BCUT2D eigenvalue weighted by Crippen LogP contribution is -2.13. The van der Waals surface area contributed by atoms with Crippen LogP contribution in [0.2, 0.25) is 0 Å². The number of rotatable bonds is 5. The van der Waals surface area contributed by atoms with Gasteiger partial charge in [0.2, 0.25) is 0 Å². The van der Waals surface area contributed by atoms with Crippen LogP contribution >= 0.6 is 0 Å². The van der Waals surface area contributed by atoms with Gasteiger partial charge in [-0.05, 0) is 42.5 Å². The Morgan fingerprint density at radius 3 is 2.43 bits per heavy atom. The van der Waals surface area contributed by atoms with Gasteiger partial charge >= 0.3 is 0 Å². The van der Waals surface area contributed by atoms with E-state index in [1.54, 1.807) is 0 Å². The van der Waals surface area contributed by atoms with E-state index in [0.717, 1.165) is 22.4 Å². The third-order valence-corrected chi connectivity index (χ3v) is 3.68. The number of carbonyl (C=O) groups excluding carboxylic acids is 1. The van der Waals surface area contributed by atoms with Crippen molar-refractivity contribution >= 4 is 5.78 Å². The fraction of sp³-hybridized carbons (Fsp3) is 0.316. The zero-order valence-electron chi connectivity index (χ0n) is 13.1. The molecule has 2 aromatic carbocycles. The highest BCUT2D eigenvalue weighted by Crippen LogP contribution is 2.24. The number of hydrogen-bond donors (Lipinski definition) is 0. The normalized spacial score (nSPS) is 10.7. The van der Waals surface area contributed by atoms with Crippen LogP contribution in [0.4, 0.5) is 0 Å². The van der Waals surface area contributed by atoms with Gasteiger partial charge in [0.05, 0.1) is 0 Å². The summed E-state index contributed by atoms with van der Waals surface area (Å²) in [6.07, 6.45) is 0. The van der Waals surface area contributed by atoms with Crippen LogP contribution in [0, 0.1) is 13.8 Å². The van der Waals surface area contributed by atoms with Gasteiger partial charge in [-0.25, -0.2) is 0 Å². The van der Waals surface area contributed by atoms with Crippen molar-refractivity contribution in [1.29, 1.82) is 0 Å². The third-order valence-electron chi connectivity index (χ3n) is 3.68. The monoisotopic (exact) mass is 282 g/mol. The molecule has 0 aliphatic rings. The second kappa shape index (κ2) is 6.57. The van der Waals surface area contributed by atoms with Crippen LogP contribution in [0.1, 0.15) is 46.8 Å². The summed E-state index contributed by atoms with van der Waals surface area (Å²) < 4.78 is 5.75. The van der Waals surface area contributed by atoms with Crippen molar-refractivity contribution < 1.29 is 9.53 Å². The largest absolute Gasteiger partial charge is 0.485 e. The Labute approximate surface area is 126 Å². The van der Waals surface area contributed by atoms with E-state index < -0.39 is 0 Å². The van der Waals surface area contributed by atoms with Gasteiger partial charge < -0.3 is 4.74 Å². The molecule has 2 heteroatoms. The van der Waals surface area contributed by atoms with Crippen LogP contribution in [0.25, 0.3) is 0 Å². The number of hydrogen-bond acceptors (Lipinski definition) is 2. The molecule has 0 heterocycles. The highest BCUT2D eigenvalue weighted by molar-refractivity contribution is 5.98. The number of benzene rings is 2. The molecule has 0 saturated carbocycles. The van der Waals surface area contributed by atoms with E-state index in [9.17, 15) is 4.79 Å². The standard InChI is InChI=1S/C19H22O2/c1-13(2)16-10-9-15(4)19(11-16)21-12-18(20)17-8-6-5-7-14(17)3/h5-11,13H,12H2,1-4H3. The minimum Gasteiger partial charge on any atom is -0.485 e. The predicted molar refractivity (Wildman–Crippen MR) is 86.3 cm³/mol. The maximum absolute atomic E-state index is 12.2. The Kier molecular flexibility index (Phi) is 4.79. The summed E-state index contributed by atoms with van der Waals surface area (Å²) in [6.45, 7) is 8.31. The van der Waals surface area contributed by atoms with Crippen molar-refractivity contribution in [2.75, 3.05) is 6.61 Å². The van der Waals surface area contributed by atoms with Gasteiger partial charge in [-0.2, -0.15) is 0 Å². The van der Waals surface area contributed by atoms with E-state index in [-0.39, 0.29) is 12.4 Å². The quantitative estimate of drug-likeness (QED) is 0.744. The molecule has 0 aromatic heterocycles. The van der Waals surface area contributed by atoms with Crippen LogP contribution in [0.3, 0.4) is 0 Å². The summed E-state index contributed by atoms with van der Waals surface area (Å²) >= 11 is 0. The molecule has 0 aliphatic heterocycles. The molecular weight excluding hydrogens is 260 g/mol. The van der Waals surface area contributed by atoms with Crippen molar-refractivity contribution in [2.24, 2.45) is 0 Å². The molecule has 0 spiro atoms. The second-order valence-electron chi connectivity index (χ2n) is 5.71. The van der Waals surface area contributed by atoms with Gasteiger partial charge in [-0.3, -0.25) is 4.79 Å². The van der Waals surface area contributed by atoms with Gasteiger partial charge in [0, 0.05) is 5.56 Å². The maximum atomic E-state index is 12.2. The summed E-state index contributed by atoms with van der Waals surface area (Å²) in [7, 11) is 0. The lowest BCUT2D eigenvalue weighted by Gasteiger charge is -2.13. The van der Waals surface area contributed by atoms with Crippen molar-refractivity contribution in [3.8, 4) is 5.75 Å². The van der Waals surface area contributed by atoms with Gasteiger partial charge in [-0.1, -0.05) is 50.2 Å². The van der Waals surface area contributed by atoms with Crippen LogP contribution in [-0.2, 0) is 0 Å². The summed E-state index contributed by atoms with van der Waals surface area (Å²) in [4.78, 5) is 12.2. The summed E-state index contributed by atoms with van der Waals surface area (Å²) in [6, 6.07) is 13.8. The van der Waals surface area contributed by atoms with Crippen molar-refractivity contribution in [3.05, 3.63) is 64.7 Å². The first-order valence-corrected chi connectivity index (χ1v) is 7.31. The molecule has 2 rings (SSSR count). The molecule has 2 nitrogen and oxygen atoms in total. The highest BCUT2D eigenvalue weighted by atomic mass is 16.5. The third kappa shape index (κ3) is 3.72. The Morgan fingerprint density at radius 2 is 1.76 bits per heavy atom. The van der Waals surface area contributed by atoms with Crippen LogP contribution < -0.4 is 4.74 Å². The van der Waals surface area contributed by atoms with Gasteiger partial charge in [0.1, 0.15) is 5.75 Å². The van der Waals surface area contributed by atoms with Crippen molar-refractivity contribution in [1.82, 2.24) is 0 Å². The van der Waals surface area contributed by atoms with Gasteiger partial charge in [0.25, 0.3) is 0 Å². The number of Topliss-reactive ketones (excluding diaryl/α,β-unsaturated/α-hetero) is 1. The average Bonchev–Trinajstić information content (AvgIpc) is 2.46. The van der Waals surface area contributed by atoms with E-state index in [1.165, 1.54) is 5.56 Å². The van der Waals surface area contributed by atoms with Crippen LogP contribution in [0.15, 0.2) is 42.5 Å². The first kappa shape index (κ1) is 15.3. The fourth-order valence-corrected chi connectivity index (χ4v) is 2.24. The Hall–Kier alpha value is -2.09. The molecule has 0 atom stereocenters. The van der Waals surface area contributed by atoms with Crippen LogP contribution in [0.5, 0.6) is 5.75 Å². The predicted octanol–water partition coefficient (Wildman–Crippen LogP) is 4.69. The van der Waals surface area contributed by atoms with Crippen LogP contribution in [-0.4, -0.2) is 12.4 Å². The first-order valence-electron chi connectivity index (χ1n) is 7.31. The molecule has 0 aliphatic carbocycles. The smallest absolute Gasteiger partial charge is 0.200 e. The lowest BCUT2D eigenvalue weighted by atomic mass is 10.0. The molecule has 21 heavy (non-hydrogen) atoms. The average molecular weight is 282 g/mol. The van der Waals surface area contributed by atoms with E-state index >= 15 is 0 Å². The molecule has 0 radical (unpaired) electrons. The number of ether oxygens (including phenoxy) is 1. The summed E-state index contributed by atoms with van der Waals surface area (Å²) in [5, 5.41) is 0. The summed E-state index contributed by atoms with van der Waals surface area (Å²) in [5.74, 6) is 1.26. The fourth-order valence-electron chi connectivity index (χ4n) is 2.24. The van der Waals surface area contributed by atoms with Gasteiger partial charge in [-0.15, -0.1) is 0 Å². The number of ketones is 1. The highest BCUT2D eigenvalue weighted by Gasteiger charge is 2.11. The molecule has 0 amide bonds. The Morgan fingerprint density at radius 1 is 1.05 bits per heavy atom. The molecule has 0 fully saturated rings. The number of aryl methyl sites for hydroxylation is 2. The Bertz CT molecular complexity index is 642. The van der Waals surface area contributed by atoms with Gasteiger partial charge in [0.15, 0.2) is 12.4 Å². The molecule has 2 aromatic rings. The first-order chi connectivity index (χ1) is 9.99. The number of carbonyl (C=O) groups is 1. The molecule has 110 valence electrons. The second-order valence-corrected chi connectivity index (χ2v) is 5.71. The molecule has 0 bridgehead atoms. The summed E-state index contributed by atoms with van der Waals surface area (Å²) in [5.41, 5.74) is 3.99. The SMILES string of the molecule is Cc1ccc(C(C)C)cc1OCC(=O)c1ccccc1C. The Balaban J connectivity index is 2.11. The van der Waals surface area contributed by atoms with Crippen molar-refractivity contribution in [3.63, 3.8) is 0 Å². The molecule has 0 saturated heterocycles. The maximum Gasteiger partial charge on any atom is 0.200 e. The zero-order valence-corrected chi connectivity index (χ0v) is 13.1. The van der Waals surface area contributed by atoms with E-state index in [2.05, 4.69) is 19.9 Å². The molecule has 0 unspecified atom stereocenters. The minimum absolute atomic E-state index is 0.0162. The van der Waals surface area contributed by atoms with Crippen molar-refractivity contribution in [2.45, 2.75) is 33.6 Å². The molecular formula is C19H22O2. The minimum atomic E-state index is 0.0162. The van der Waals surface area contributed by atoms with E-state index in [1.807, 2.05) is 50.2 Å². The topological polar surface area (TPSA) is 26.3 Å². The zero-order chi connectivity index (χ0) is 15.4.